The number of esters is 1. The number of hydrogen-bond acceptors (Lipinski definition) is 3. The molecular weight excluding hydrogens is 261 g/mol. The first-order valence-electron chi connectivity index (χ1n) is 5.69. The van der Waals surface area contributed by atoms with Gasteiger partial charge in [-0.1, -0.05) is 35.4 Å². The van der Waals surface area contributed by atoms with Crippen LogP contribution in [0.25, 0.3) is 21.6 Å². The Morgan fingerprint density at radius 2 is 1.85 bits per heavy atom. The number of azide groups is 1. The van der Waals surface area contributed by atoms with Gasteiger partial charge in [0.1, 0.15) is 5.82 Å². The molecule has 0 atom stereocenters. The Morgan fingerprint density at radius 1 is 1.20 bits per heavy atom. The van der Waals surface area contributed by atoms with E-state index in [-0.39, 0.29) is 5.56 Å². The van der Waals surface area contributed by atoms with Crippen LogP contribution in [0.2, 0.25) is 0 Å². The molecule has 0 saturated carbocycles. The molecule has 0 heterocycles. The number of benzene rings is 2. The van der Waals surface area contributed by atoms with E-state index in [1.54, 1.807) is 30.3 Å². The number of nitrogens with zero attached hydrogens (tertiary/aromatic N) is 3. The van der Waals surface area contributed by atoms with Crippen LogP contribution in [-0.4, -0.2) is 13.1 Å². The van der Waals surface area contributed by atoms with Gasteiger partial charge in [-0.25, -0.2) is 9.18 Å². The molecule has 0 fully saturated rings. The summed E-state index contributed by atoms with van der Waals surface area (Å²) in [5.74, 6) is -1.36. The second-order valence-corrected chi connectivity index (χ2v) is 3.92. The van der Waals surface area contributed by atoms with Gasteiger partial charge in [-0.3, -0.25) is 0 Å². The summed E-state index contributed by atoms with van der Waals surface area (Å²) in [4.78, 5) is 14.0. The maximum atomic E-state index is 13.8. The van der Waals surface area contributed by atoms with Crippen molar-refractivity contribution in [2.75, 3.05) is 7.11 Å². The number of rotatable bonds is 3. The lowest BCUT2D eigenvalue weighted by atomic mass is 10.0. The van der Waals surface area contributed by atoms with Gasteiger partial charge < -0.3 is 4.74 Å². The number of ether oxygens (including phenoxy) is 1. The van der Waals surface area contributed by atoms with Gasteiger partial charge in [0, 0.05) is 10.6 Å². The molecule has 2 aromatic carbocycles. The summed E-state index contributed by atoms with van der Waals surface area (Å²) in [7, 11) is 1.20. The summed E-state index contributed by atoms with van der Waals surface area (Å²) in [6.45, 7) is 0. The first kappa shape index (κ1) is 13.6. The quantitative estimate of drug-likeness (QED) is 0.362. The zero-order valence-corrected chi connectivity index (χ0v) is 10.6. The topological polar surface area (TPSA) is 75.1 Å². The molecule has 0 N–H and O–H groups in total. The van der Waals surface area contributed by atoms with Crippen LogP contribution in [0.15, 0.2) is 47.6 Å². The maximum Gasteiger partial charge on any atom is 0.340 e. The Morgan fingerprint density at radius 3 is 2.40 bits per heavy atom. The fourth-order valence-corrected chi connectivity index (χ4v) is 1.74. The molecule has 100 valence electrons. The highest BCUT2D eigenvalue weighted by Gasteiger charge is 2.12. The third-order valence-electron chi connectivity index (χ3n) is 2.74. The maximum absolute atomic E-state index is 13.8. The lowest BCUT2D eigenvalue weighted by Gasteiger charge is -2.05. The summed E-state index contributed by atoms with van der Waals surface area (Å²) in [6.07, 6.45) is 0. The van der Waals surface area contributed by atoms with Gasteiger partial charge in [0.15, 0.2) is 0 Å². The van der Waals surface area contributed by atoms with Crippen molar-refractivity contribution in [2.45, 2.75) is 0 Å². The summed E-state index contributed by atoms with van der Waals surface area (Å²) >= 11 is 0. The fraction of sp³-hybridized carbons (Fsp3) is 0.0714. The third kappa shape index (κ3) is 2.76. The molecule has 0 unspecified atom stereocenters. The number of hydrogen-bond donors (Lipinski definition) is 0. The molecule has 20 heavy (non-hydrogen) atoms. The highest BCUT2D eigenvalue weighted by molar-refractivity contribution is 5.90. The van der Waals surface area contributed by atoms with E-state index in [2.05, 4.69) is 14.8 Å². The van der Waals surface area contributed by atoms with Gasteiger partial charge in [0.25, 0.3) is 0 Å². The van der Waals surface area contributed by atoms with Gasteiger partial charge in [-0.2, -0.15) is 0 Å². The molecule has 0 bridgehead atoms. The Balaban J connectivity index is 2.36. The van der Waals surface area contributed by atoms with Crippen molar-refractivity contribution in [2.24, 2.45) is 5.11 Å². The van der Waals surface area contributed by atoms with Crippen LogP contribution in [0.1, 0.15) is 10.4 Å². The van der Waals surface area contributed by atoms with E-state index in [1.807, 2.05) is 0 Å². The number of methoxy groups -OCH3 is 1. The summed E-state index contributed by atoms with van der Waals surface area (Å²) in [5.41, 5.74) is 10.0. The zero-order valence-electron chi connectivity index (χ0n) is 10.6. The SMILES string of the molecule is COC(=O)c1ccc(-c2ccc(N=[N+]=[N-])cc2)cc1F. The van der Waals surface area contributed by atoms with Crippen LogP contribution < -0.4 is 0 Å². The van der Waals surface area contributed by atoms with Crippen LogP contribution >= 0.6 is 0 Å². The Labute approximate surface area is 114 Å². The lowest BCUT2D eigenvalue weighted by molar-refractivity contribution is 0.0595. The predicted octanol–water partition coefficient (Wildman–Crippen LogP) is 4.22. The molecule has 0 aromatic heterocycles. The third-order valence-corrected chi connectivity index (χ3v) is 2.74. The van der Waals surface area contributed by atoms with Crippen LogP contribution in [0.3, 0.4) is 0 Å². The van der Waals surface area contributed by atoms with Crippen LogP contribution in [0.4, 0.5) is 10.1 Å². The smallest absolute Gasteiger partial charge is 0.340 e. The molecule has 0 spiro atoms. The number of carbonyl (C=O) groups excluding carboxylic acids is 1. The van der Waals surface area contributed by atoms with Gasteiger partial charge in [-0.05, 0) is 28.8 Å². The molecule has 0 amide bonds. The first-order valence-corrected chi connectivity index (χ1v) is 5.69. The minimum atomic E-state index is -0.715. The van der Waals surface area contributed by atoms with E-state index in [0.717, 1.165) is 5.56 Å². The highest BCUT2D eigenvalue weighted by atomic mass is 19.1. The van der Waals surface area contributed by atoms with Gasteiger partial charge >= 0.3 is 5.97 Å². The van der Waals surface area contributed by atoms with E-state index in [1.165, 1.54) is 19.2 Å². The molecule has 2 rings (SSSR count). The van der Waals surface area contributed by atoms with Crippen molar-refractivity contribution in [1.82, 2.24) is 0 Å². The monoisotopic (exact) mass is 271 g/mol. The lowest BCUT2D eigenvalue weighted by Crippen LogP contribution is -2.04. The Kier molecular flexibility index (Phi) is 3.98. The Bertz CT molecular complexity index is 692. The largest absolute Gasteiger partial charge is 0.465 e. The minimum Gasteiger partial charge on any atom is -0.465 e. The molecule has 5 nitrogen and oxygen atoms in total. The molecule has 0 aliphatic rings. The first-order chi connectivity index (χ1) is 9.65. The summed E-state index contributed by atoms with van der Waals surface area (Å²) in [5, 5.41) is 3.45. The Hall–Kier alpha value is -2.85. The average Bonchev–Trinajstić information content (AvgIpc) is 2.47. The minimum absolute atomic E-state index is 0.109. The van der Waals surface area contributed by atoms with Gasteiger partial charge in [-0.15, -0.1) is 0 Å². The van der Waals surface area contributed by atoms with Crippen LogP contribution in [0, 0.1) is 5.82 Å². The van der Waals surface area contributed by atoms with Gasteiger partial charge in [0.05, 0.1) is 12.7 Å². The van der Waals surface area contributed by atoms with Crippen molar-refractivity contribution in [3.05, 3.63) is 64.3 Å². The summed E-state index contributed by atoms with van der Waals surface area (Å²) in [6, 6.07) is 10.9. The van der Waals surface area contributed by atoms with Crippen LogP contribution in [0.5, 0.6) is 0 Å². The van der Waals surface area contributed by atoms with Crippen molar-refractivity contribution in [1.29, 1.82) is 0 Å². The van der Waals surface area contributed by atoms with Crippen molar-refractivity contribution >= 4 is 11.7 Å². The standard InChI is InChI=1S/C14H10FN3O2/c1-20-14(19)12-7-4-10(8-13(12)15)9-2-5-11(6-3-9)17-18-16/h2-8H,1H3. The summed E-state index contributed by atoms with van der Waals surface area (Å²) < 4.78 is 18.3. The van der Waals surface area contributed by atoms with E-state index >= 15 is 0 Å². The number of carbonyl (C=O) groups is 1. The highest BCUT2D eigenvalue weighted by Crippen LogP contribution is 2.24. The molecule has 6 heteroatoms. The van der Waals surface area contributed by atoms with E-state index in [0.29, 0.717) is 11.3 Å². The molecule has 0 radical (unpaired) electrons. The molecule has 0 aliphatic heterocycles. The fourth-order valence-electron chi connectivity index (χ4n) is 1.74. The molecular formula is C14H10FN3O2. The average molecular weight is 271 g/mol. The molecule has 0 aliphatic carbocycles. The van der Waals surface area contributed by atoms with E-state index in [9.17, 15) is 9.18 Å². The van der Waals surface area contributed by atoms with Crippen molar-refractivity contribution < 1.29 is 13.9 Å². The second kappa shape index (κ2) is 5.86. The zero-order chi connectivity index (χ0) is 14.5. The molecule has 0 saturated heterocycles. The van der Waals surface area contributed by atoms with Crippen molar-refractivity contribution in [3.63, 3.8) is 0 Å². The second-order valence-electron chi connectivity index (χ2n) is 3.92. The van der Waals surface area contributed by atoms with Crippen LogP contribution in [-0.2, 0) is 4.74 Å². The van der Waals surface area contributed by atoms with E-state index < -0.39 is 11.8 Å². The number of halogens is 1. The van der Waals surface area contributed by atoms with Gasteiger partial charge in [0.2, 0.25) is 0 Å². The van der Waals surface area contributed by atoms with Crippen molar-refractivity contribution in [3.8, 4) is 11.1 Å². The molecule has 2 aromatic rings. The normalized spacial score (nSPS) is 9.70. The predicted molar refractivity (Wildman–Crippen MR) is 72.0 cm³/mol. The van der Waals surface area contributed by atoms with E-state index in [4.69, 9.17) is 5.53 Å².